The summed E-state index contributed by atoms with van der Waals surface area (Å²) in [7, 11) is 0. The molecular formula is C80H61BN4O2S. The van der Waals surface area contributed by atoms with Gasteiger partial charge in [-0.15, -0.1) is 11.3 Å². The highest BCUT2D eigenvalue weighted by molar-refractivity contribution is 7.25. The minimum Gasteiger partial charge on any atom is -0.456 e. The van der Waals surface area contributed by atoms with Crippen LogP contribution in [0.2, 0.25) is 0 Å². The highest BCUT2D eigenvalue weighted by Crippen LogP contribution is 2.52. The van der Waals surface area contributed by atoms with E-state index in [-0.39, 0.29) is 17.5 Å². The second-order valence-electron chi connectivity index (χ2n) is 25.7. The van der Waals surface area contributed by atoms with Crippen molar-refractivity contribution in [3.63, 3.8) is 0 Å². The number of hydrogen-bond acceptors (Lipinski definition) is 7. The molecule has 0 radical (unpaired) electrons. The van der Waals surface area contributed by atoms with Gasteiger partial charge in [0, 0.05) is 98.9 Å². The van der Waals surface area contributed by atoms with E-state index in [9.17, 15) is 0 Å². The molecule has 2 aliphatic rings. The molecule has 2 aliphatic heterocycles. The maximum atomic E-state index is 7.56. The van der Waals surface area contributed by atoms with Gasteiger partial charge in [-0.25, -0.2) is 0 Å². The predicted octanol–water partition coefficient (Wildman–Crippen LogP) is 21.5. The van der Waals surface area contributed by atoms with Crippen molar-refractivity contribution in [2.75, 3.05) is 19.6 Å². The fourth-order valence-electron chi connectivity index (χ4n) is 14.1. The summed E-state index contributed by atoms with van der Waals surface area (Å²) in [6.45, 7) is 13.5. The van der Waals surface area contributed by atoms with E-state index in [1.165, 1.54) is 42.2 Å². The molecule has 6 nitrogen and oxygen atoms in total. The fraction of sp³-hybridized carbons (Fsp3) is 0.100. The number of hydrogen-bond donors (Lipinski definition) is 0. The van der Waals surface area contributed by atoms with Gasteiger partial charge in [-0.05, 0) is 172 Å². The minimum absolute atomic E-state index is 0.0403. The van der Waals surface area contributed by atoms with Crippen molar-refractivity contribution in [1.29, 1.82) is 0 Å². The third kappa shape index (κ3) is 8.15. The first-order valence-corrected chi connectivity index (χ1v) is 31.3. The van der Waals surface area contributed by atoms with Crippen LogP contribution in [0.4, 0.5) is 68.2 Å². The van der Waals surface area contributed by atoms with E-state index >= 15 is 0 Å². The van der Waals surface area contributed by atoms with Crippen LogP contribution in [0.3, 0.4) is 0 Å². The quantitative estimate of drug-likeness (QED) is 0.141. The lowest BCUT2D eigenvalue weighted by Crippen LogP contribution is -2.61. The van der Waals surface area contributed by atoms with Crippen LogP contribution in [0, 0.1) is 0 Å². The van der Waals surface area contributed by atoms with E-state index in [1.807, 2.05) is 17.4 Å². The molecule has 88 heavy (non-hydrogen) atoms. The zero-order valence-corrected chi connectivity index (χ0v) is 50.7. The van der Waals surface area contributed by atoms with Crippen LogP contribution in [0.15, 0.2) is 270 Å². The Morgan fingerprint density at radius 3 is 1.51 bits per heavy atom. The number of rotatable bonds is 8. The lowest BCUT2D eigenvalue weighted by atomic mass is 9.33. The molecule has 0 bridgehead atoms. The summed E-state index contributed by atoms with van der Waals surface area (Å²) in [4.78, 5) is 9.91. The Kier molecular flexibility index (Phi) is 11.6. The van der Waals surface area contributed by atoms with Crippen LogP contribution in [0.1, 0.15) is 52.7 Å². The van der Waals surface area contributed by atoms with Crippen molar-refractivity contribution in [1.82, 2.24) is 0 Å². The number of fused-ring (bicyclic) bond motifs is 14. The molecule has 0 saturated heterocycles. The molecule has 0 N–H and O–H groups in total. The largest absolute Gasteiger partial charge is 0.456 e. The summed E-state index contributed by atoms with van der Waals surface area (Å²) in [6.07, 6.45) is 0. The van der Waals surface area contributed by atoms with E-state index in [4.69, 9.17) is 8.83 Å². The molecule has 0 spiro atoms. The number of nitrogens with zero attached hydrogens (tertiary/aromatic N) is 4. The summed E-state index contributed by atoms with van der Waals surface area (Å²) in [6, 6.07) is 96.1. The van der Waals surface area contributed by atoms with Crippen LogP contribution in [-0.2, 0) is 10.8 Å². The molecule has 0 aliphatic carbocycles. The number of anilines is 12. The van der Waals surface area contributed by atoms with Gasteiger partial charge in [0.15, 0.2) is 0 Å². The molecule has 0 saturated carbocycles. The van der Waals surface area contributed by atoms with Crippen molar-refractivity contribution in [2.24, 2.45) is 0 Å². The average molecular weight is 1150 g/mol. The van der Waals surface area contributed by atoms with Crippen molar-refractivity contribution in [2.45, 2.75) is 52.4 Å². The first kappa shape index (κ1) is 52.1. The van der Waals surface area contributed by atoms with Gasteiger partial charge < -0.3 is 28.4 Å². The molecule has 15 aromatic rings. The smallest absolute Gasteiger partial charge is 0.257 e. The van der Waals surface area contributed by atoms with Gasteiger partial charge in [0.05, 0.1) is 11.1 Å². The third-order valence-electron chi connectivity index (χ3n) is 18.3. The number of furan rings is 2. The van der Waals surface area contributed by atoms with Crippen molar-refractivity contribution in [3.05, 3.63) is 272 Å². The summed E-state index contributed by atoms with van der Waals surface area (Å²) >= 11 is 1.84. The van der Waals surface area contributed by atoms with E-state index in [0.717, 1.165) is 118 Å². The monoisotopic (exact) mass is 1150 g/mol. The molecule has 0 fully saturated rings. The van der Waals surface area contributed by atoms with E-state index < -0.39 is 0 Å². The lowest BCUT2D eigenvalue weighted by molar-refractivity contribution is 0.590. The molecule has 17 rings (SSSR count). The Bertz CT molecular complexity index is 5110. The van der Waals surface area contributed by atoms with Crippen LogP contribution in [0.5, 0.6) is 0 Å². The zero-order chi connectivity index (χ0) is 59.2. The molecule has 8 heteroatoms. The van der Waals surface area contributed by atoms with Crippen LogP contribution in [-0.4, -0.2) is 6.71 Å². The van der Waals surface area contributed by atoms with Crippen molar-refractivity contribution in [3.8, 4) is 0 Å². The summed E-state index contributed by atoms with van der Waals surface area (Å²) in [5.41, 5.74) is 22.3. The topological polar surface area (TPSA) is 39.2 Å². The van der Waals surface area contributed by atoms with Gasteiger partial charge in [0.25, 0.3) is 6.71 Å². The summed E-state index contributed by atoms with van der Waals surface area (Å²) < 4.78 is 16.6. The van der Waals surface area contributed by atoms with Gasteiger partial charge in [-0.2, -0.15) is 0 Å². The Morgan fingerprint density at radius 1 is 0.352 bits per heavy atom. The zero-order valence-electron chi connectivity index (χ0n) is 49.9. The Morgan fingerprint density at radius 2 is 0.864 bits per heavy atom. The first-order valence-electron chi connectivity index (χ1n) is 30.5. The third-order valence-corrected chi connectivity index (χ3v) is 19.5. The molecular weight excluding hydrogens is 1090 g/mol. The van der Waals surface area contributed by atoms with Gasteiger partial charge >= 0.3 is 0 Å². The Balaban J connectivity index is 0.971. The predicted molar refractivity (Wildman–Crippen MR) is 375 cm³/mol. The van der Waals surface area contributed by atoms with E-state index in [1.54, 1.807) is 0 Å². The minimum atomic E-state index is -0.268. The molecule has 422 valence electrons. The molecule has 5 heterocycles. The summed E-state index contributed by atoms with van der Waals surface area (Å²) in [5.74, 6) is 0. The van der Waals surface area contributed by atoms with E-state index in [2.05, 4.69) is 316 Å². The van der Waals surface area contributed by atoms with E-state index in [0.29, 0.717) is 0 Å². The highest BCUT2D eigenvalue weighted by atomic mass is 32.1. The van der Waals surface area contributed by atoms with Crippen molar-refractivity contribution >= 4 is 167 Å². The fourth-order valence-corrected chi connectivity index (χ4v) is 15.2. The number of para-hydroxylation sites is 4. The molecule has 0 unspecified atom stereocenters. The Labute approximate surface area is 516 Å². The van der Waals surface area contributed by atoms with Crippen LogP contribution in [0.25, 0.3) is 64.0 Å². The van der Waals surface area contributed by atoms with Crippen molar-refractivity contribution < 1.29 is 8.83 Å². The SMILES string of the molecule is CC(C)(C)c1ccc(N2c3cc(N(c4ccc5oc6ccccc6c5c4)c4ccc5sc6ccccc6c5c4)ccc3B3c4c2cccc4N(c2ccc(C(C)(C)C)cc2)c2cc(N(c4ccccc4)c4ccccc4)c4c(oc5ccccc54)c23)cc1. The normalized spacial score (nSPS) is 13.0. The first-order chi connectivity index (χ1) is 42.9. The van der Waals surface area contributed by atoms with Gasteiger partial charge in [-0.3, -0.25) is 0 Å². The van der Waals surface area contributed by atoms with Crippen LogP contribution >= 0.6 is 11.3 Å². The van der Waals surface area contributed by atoms with Gasteiger partial charge in [0.1, 0.15) is 22.3 Å². The van der Waals surface area contributed by atoms with Gasteiger partial charge in [0.2, 0.25) is 0 Å². The molecule has 0 amide bonds. The average Bonchev–Trinajstić information content (AvgIpc) is 0.977. The second-order valence-corrected chi connectivity index (χ2v) is 26.8. The van der Waals surface area contributed by atoms with Crippen LogP contribution < -0.4 is 36.0 Å². The van der Waals surface area contributed by atoms with Gasteiger partial charge in [-0.1, -0.05) is 169 Å². The number of thiophene rings is 1. The number of benzene rings is 12. The molecule has 12 aromatic carbocycles. The maximum Gasteiger partial charge on any atom is 0.257 e. The lowest BCUT2D eigenvalue weighted by Gasteiger charge is -2.44. The molecule has 3 aromatic heterocycles. The Hall–Kier alpha value is -10.3. The maximum absolute atomic E-state index is 7.56. The highest BCUT2D eigenvalue weighted by Gasteiger charge is 2.46. The second kappa shape index (κ2) is 19.6. The standard InChI is InChI=1S/C80H61BN4O2S/c1-79(2,3)50-32-36-54(37-33-50)84-65-27-19-28-66-76(65)81(64-43-40-58(48-67(64)84)82(56-41-44-72-62(46-56)59-24-13-16-29-70(59)86-72)57-42-45-74-63(47-57)60-25-15-18-31-73(60)88-74)77-69(85(66)55-38-34-51(35-39-55)80(4,5)6)49-68(75-61-26-14-17-30-71(61)87-78(75)77)83(52-20-9-7-10-21-52)53-22-11-8-12-23-53/h7-49H,1-6H3. The summed E-state index contributed by atoms with van der Waals surface area (Å²) in [5, 5.41) is 6.79. The molecule has 0 atom stereocenters.